The van der Waals surface area contributed by atoms with Gasteiger partial charge in [0.25, 0.3) is 0 Å². The van der Waals surface area contributed by atoms with E-state index in [4.69, 9.17) is 11.6 Å². The normalized spacial score (nSPS) is 13.3. The zero-order valence-electron chi connectivity index (χ0n) is 7.72. The highest BCUT2D eigenvalue weighted by atomic mass is 35.5. The summed E-state index contributed by atoms with van der Waals surface area (Å²) < 4.78 is 0. The summed E-state index contributed by atoms with van der Waals surface area (Å²) in [6.07, 6.45) is 2.04. The lowest BCUT2D eigenvalue weighted by Gasteiger charge is -1.97. The second kappa shape index (κ2) is 4.24. The van der Waals surface area contributed by atoms with Crippen molar-refractivity contribution in [2.24, 2.45) is 0 Å². The number of aromatic nitrogens is 1. The van der Waals surface area contributed by atoms with Crippen molar-refractivity contribution in [1.29, 1.82) is 0 Å². The third kappa shape index (κ3) is 2.76. The van der Waals surface area contributed by atoms with Gasteiger partial charge in [0.2, 0.25) is 0 Å². The summed E-state index contributed by atoms with van der Waals surface area (Å²) in [6, 6.07) is 0. The van der Waals surface area contributed by atoms with Crippen molar-refractivity contribution >= 4 is 22.9 Å². The molecule has 0 aliphatic heterocycles. The number of thiazole rings is 1. The highest BCUT2D eigenvalue weighted by molar-refractivity contribution is 7.11. The molecular formula is C9H14ClNS. The number of hydrogen-bond donors (Lipinski definition) is 0. The number of rotatable bonds is 3. The summed E-state index contributed by atoms with van der Waals surface area (Å²) in [5, 5.41) is 1.48. The number of nitrogens with zero attached hydrogens (tertiary/aromatic N) is 1. The zero-order valence-corrected chi connectivity index (χ0v) is 9.30. The second-order valence-corrected chi connectivity index (χ2v) is 5.10. The Morgan fingerprint density at radius 1 is 1.50 bits per heavy atom. The molecule has 0 aromatic carbocycles. The summed E-state index contributed by atoms with van der Waals surface area (Å²) >= 11 is 7.64. The maximum atomic E-state index is 5.85. The van der Waals surface area contributed by atoms with E-state index >= 15 is 0 Å². The Labute approximate surface area is 82.8 Å². The molecular weight excluding hydrogens is 190 g/mol. The maximum Gasteiger partial charge on any atom is 0.0931 e. The van der Waals surface area contributed by atoms with Gasteiger partial charge in [-0.25, -0.2) is 4.98 Å². The predicted molar refractivity (Wildman–Crippen MR) is 55.2 cm³/mol. The molecule has 1 unspecified atom stereocenters. The zero-order chi connectivity index (χ0) is 9.14. The van der Waals surface area contributed by atoms with Gasteiger partial charge in [0, 0.05) is 16.7 Å². The molecule has 0 aliphatic carbocycles. The minimum absolute atomic E-state index is 0.259. The van der Waals surface area contributed by atoms with E-state index in [1.54, 1.807) is 11.3 Å². The Morgan fingerprint density at radius 3 is 2.58 bits per heavy atom. The van der Waals surface area contributed by atoms with E-state index in [0.29, 0.717) is 0 Å². The van der Waals surface area contributed by atoms with Crippen LogP contribution in [-0.4, -0.2) is 10.4 Å². The summed E-state index contributed by atoms with van der Waals surface area (Å²) in [5.74, 6) is 0. The molecule has 1 heterocycles. The quantitative estimate of drug-likeness (QED) is 0.687. The third-order valence-electron chi connectivity index (χ3n) is 1.83. The minimum Gasteiger partial charge on any atom is -0.246 e. The van der Waals surface area contributed by atoms with Gasteiger partial charge in [-0.15, -0.1) is 22.9 Å². The average Bonchev–Trinajstić information content (AvgIpc) is 2.28. The summed E-state index contributed by atoms with van der Waals surface area (Å²) in [5.41, 5.74) is 1.16. The Bertz CT molecular complexity index is 236. The van der Waals surface area contributed by atoms with Crippen molar-refractivity contribution in [2.75, 3.05) is 0 Å². The smallest absolute Gasteiger partial charge is 0.0931 e. The maximum absolute atomic E-state index is 5.85. The molecule has 1 aromatic heterocycles. The molecule has 1 atom stereocenters. The van der Waals surface area contributed by atoms with E-state index in [1.165, 1.54) is 9.88 Å². The van der Waals surface area contributed by atoms with Crippen LogP contribution in [0.4, 0.5) is 0 Å². The Hall–Kier alpha value is -0.0800. The van der Waals surface area contributed by atoms with Crippen LogP contribution < -0.4 is 0 Å². The topological polar surface area (TPSA) is 12.9 Å². The highest BCUT2D eigenvalue weighted by Crippen LogP contribution is 2.18. The number of halogens is 1. The van der Waals surface area contributed by atoms with Crippen molar-refractivity contribution in [1.82, 2.24) is 4.98 Å². The van der Waals surface area contributed by atoms with Crippen LogP contribution in [0.5, 0.6) is 0 Å². The van der Waals surface area contributed by atoms with E-state index in [1.807, 2.05) is 6.92 Å². The molecule has 0 spiro atoms. The van der Waals surface area contributed by atoms with Gasteiger partial charge in [-0.1, -0.05) is 0 Å². The number of aryl methyl sites for hydroxylation is 3. The molecule has 0 saturated heterocycles. The van der Waals surface area contributed by atoms with Crippen molar-refractivity contribution < 1.29 is 0 Å². The molecule has 0 saturated carbocycles. The largest absolute Gasteiger partial charge is 0.246 e. The van der Waals surface area contributed by atoms with Crippen molar-refractivity contribution in [3.63, 3.8) is 0 Å². The average molecular weight is 204 g/mol. The molecule has 1 rings (SSSR count). The lowest BCUT2D eigenvalue weighted by atomic mass is 10.2. The summed E-state index contributed by atoms with van der Waals surface area (Å²) in [4.78, 5) is 5.77. The number of alkyl halides is 1. The highest BCUT2D eigenvalue weighted by Gasteiger charge is 2.04. The first kappa shape index (κ1) is 10.0. The van der Waals surface area contributed by atoms with Gasteiger partial charge in [0.1, 0.15) is 0 Å². The van der Waals surface area contributed by atoms with Crippen molar-refractivity contribution in [2.45, 2.75) is 39.0 Å². The van der Waals surface area contributed by atoms with Gasteiger partial charge in [0.15, 0.2) is 0 Å². The molecule has 0 fully saturated rings. The van der Waals surface area contributed by atoms with Crippen molar-refractivity contribution in [3.8, 4) is 0 Å². The fourth-order valence-electron chi connectivity index (χ4n) is 0.968. The summed E-state index contributed by atoms with van der Waals surface area (Å²) in [7, 11) is 0. The van der Waals surface area contributed by atoms with Crippen LogP contribution in [-0.2, 0) is 6.42 Å². The molecule has 0 amide bonds. The van der Waals surface area contributed by atoms with Crippen LogP contribution in [0.1, 0.15) is 28.9 Å². The van der Waals surface area contributed by atoms with Gasteiger partial charge < -0.3 is 0 Å². The first-order valence-electron chi connectivity index (χ1n) is 4.16. The van der Waals surface area contributed by atoms with Gasteiger partial charge >= 0.3 is 0 Å². The lowest BCUT2D eigenvalue weighted by Crippen LogP contribution is -1.93. The molecule has 0 radical (unpaired) electrons. The van der Waals surface area contributed by atoms with Crippen LogP contribution in [0.25, 0.3) is 0 Å². The molecule has 68 valence electrons. The van der Waals surface area contributed by atoms with Crippen LogP contribution in [0.2, 0.25) is 0 Å². The third-order valence-corrected chi connectivity index (χ3v) is 3.18. The van der Waals surface area contributed by atoms with E-state index in [0.717, 1.165) is 18.5 Å². The van der Waals surface area contributed by atoms with Crippen LogP contribution in [0, 0.1) is 13.8 Å². The molecule has 1 aromatic rings. The molecule has 0 bridgehead atoms. The van der Waals surface area contributed by atoms with E-state index < -0.39 is 0 Å². The monoisotopic (exact) mass is 203 g/mol. The standard InChI is InChI=1S/C9H14ClNS/c1-6(10)4-5-9-11-7(2)8(3)12-9/h6H,4-5H2,1-3H3. The molecule has 3 heteroatoms. The Morgan fingerprint density at radius 2 is 2.17 bits per heavy atom. The number of hydrogen-bond acceptors (Lipinski definition) is 2. The van der Waals surface area contributed by atoms with Crippen LogP contribution >= 0.6 is 22.9 Å². The molecule has 0 N–H and O–H groups in total. The van der Waals surface area contributed by atoms with Gasteiger partial charge in [-0.3, -0.25) is 0 Å². The first-order chi connectivity index (χ1) is 5.59. The fourth-order valence-corrected chi connectivity index (χ4v) is 2.03. The molecule has 0 aliphatic rings. The van der Waals surface area contributed by atoms with Crippen molar-refractivity contribution in [3.05, 3.63) is 15.6 Å². The fraction of sp³-hybridized carbons (Fsp3) is 0.667. The lowest BCUT2D eigenvalue weighted by molar-refractivity contribution is 0.796. The molecule has 1 nitrogen and oxygen atoms in total. The van der Waals surface area contributed by atoms with Crippen LogP contribution in [0.3, 0.4) is 0 Å². The Kier molecular flexibility index (Phi) is 3.53. The van der Waals surface area contributed by atoms with Gasteiger partial charge in [0.05, 0.1) is 10.7 Å². The van der Waals surface area contributed by atoms with Gasteiger partial charge in [-0.05, 0) is 27.2 Å². The minimum atomic E-state index is 0.259. The first-order valence-corrected chi connectivity index (χ1v) is 5.42. The van der Waals surface area contributed by atoms with E-state index in [-0.39, 0.29) is 5.38 Å². The van der Waals surface area contributed by atoms with Gasteiger partial charge in [-0.2, -0.15) is 0 Å². The SMILES string of the molecule is Cc1nc(CCC(C)Cl)sc1C. The Balaban J connectivity index is 2.53. The second-order valence-electron chi connectivity index (χ2n) is 3.07. The van der Waals surface area contributed by atoms with Crippen LogP contribution in [0.15, 0.2) is 0 Å². The predicted octanol–water partition coefficient (Wildman–Crippen LogP) is 3.32. The van der Waals surface area contributed by atoms with E-state index in [9.17, 15) is 0 Å². The summed E-state index contributed by atoms with van der Waals surface area (Å²) in [6.45, 7) is 6.19. The molecule has 12 heavy (non-hydrogen) atoms. The van der Waals surface area contributed by atoms with E-state index in [2.05, 4.69) is 18.8 Å².